The molecule has 8 heteroatoms. The van der Waals surface area contributed by atoms with Crippen LogP contribution in [0.4, 0.5) is 0 Å². The van der Waals surface area contributed by atoms with E-state index in [1.54, 1.807) is 18.2 Å². The van der Waals surface area contributed by atoms with Crippen LogP contribution in [0.15, 0.2) is 48.5 Å². The van der Waals surface area contributed by atoms with Gasteiger partial charge in [0.15, 0.2) is 0 Å². The van der Waals surface area contributed by atoms with Gasteiger partial charge in [-0.05, 0) is 35.4 Å². The zero-order chi connectivity index (χ0) is 20.1. The summed E-state index contributed by atoms with van der Waals surface area (Å²) in [5.41, 5.74) is 2.63. The zero-order valence-corrected chi connectivity index (χ0v) is 17.3. The smallest absolute Gasteiger partial charge is 0.251 e. The van der Waals surface area contributed by atoms with Crippen molar-refractivity contribution in [3.8, 4) is 0 Å². The molecule has 3 rings (SSSR count). The molecule has 2 aromatic carbocycles. The van der Waals surface area contributed by atoms with Crippen LogP contribution in [-0.4, -0.2) is 56.0 Å². The third-order valence-corrected chi connectivity index (χ3v) is 6.32. The average Bonchev–Trinajstić information content (AvgIpc) is 2.67. The van der Waals surface area contributed by atoms with Gasteiger partial charge in [0.1, 0.15) is 0 Å². The molecule has 0 aliphatic carbocycles. The van der Waals surface area contributed by atoms with Crippen molar-refractivity contribution in [2.45, 2.75) is 13.1 Å². The van der Waals surface area contributed by atoms with Gasteiger partial charge in [-0.1, -0.05) is 35.9 Å². The van der Waals surface area contributed by atoms with E-state index in [1.807, 2.05) is 30.3 Å². The number of sulfonamides is 1. The SMILES string of the molecule is CS(=O)(=O)N1CCN(Cc2cccc(C(=O)NCc3ccc(Cl)cc3)c2)CC1. The van der Waals surface area contributed by atoms with Gasteiger partial charge in [-0.2, -0.15) is 4.31 Å². The summed E-state index contributed by atoms with van der Waals surface area (Å²) in [6.07, 6.45) is 1.24. The summed E-state index contributed by atoms with van der Waals surface area (Å²) in [4.78, 5) is 14.7. The van der Waals surface area contributed by atoms with Crippen LogP contribution in [-0.2, 0) is 23.1 Å². The molecule has 150 valence electrons. The fourth-order valence-corrected chi connectivity index (χ4v) is 4.13. The van der Waals surface area contributed by atoms with Crippen molar-refractivity contribution in [2.75, 3.05) is 32.4 Å². The first-order valence-corrected chi connectivity index (χ1v) is 11.3. The van der Waals surface area contributed by atoms with E-state index in [4.69, 9.17) is 11.6 Å². The van der Waals surface area contributed by atoms with E-state index in [1.165, 1.54) is 10.6 Å². The van der Waals surface area contributed by atoms with E-state index in [9.17, 15) is 13.2 Å². The number of hydrogen-bond donors (Lipinski definition) is 1. The lowest BCUT2D eigenvalue weighted by molar-refractivity contribution is 0.0950. The third kappa shape index (κ3) is 5.78. The fourth-order valence-electron chi connectivity index (χ4n) is 3.18. The molecule has 28 heavy (non-hydrogen) atoms. The van der Waals surface area contributed by atoms with Crippen LogP contribution in [0.3, 0.4) is 0 Å². The lowest BCUT2D eigenvalue weighted by atomic mass is 10.1. The number of piperazine rings is 1. The first-order chi connectivity index (χ1) is 13.3. The van der Waals surface area contributed by atoms with Crippen molar-refractivity contribution >= 4 is 27.5 Å². The van der Waals surface area contributed by atoms with Crippen LogP contribution in [0.2, 0.25) is 5.02 Å². The summed E-state index contributed by atoms with van der Waals surface area (Å²) in [5, 5.41) is 3.59. The first kappa shape index (κ1) is 20.8. The van der Waals surface area contributed by atoms with E-state index in [-0.39, 0.29) is 5.91 Å². The van der Waals surface area contributed by atoms with Crippen LogP contribution < -0.4 is 5.32 Å². The molecule has 1 amide bonds. The highest BCUT2D eigenvalue weighted by atomic mass is 35.5. The van der Waals surface area contributed by atoms with Crippen molar-refractivity contribution < 1.29 is 13.2 Å². The van der Waals surface area contributed by atoms with Gasteiger partial charge in [0.25, 0.3) is 5.91 Å². The predicted molar refractivity (Wildman–Crippen MR) is 111 cm³/mol. The van der Waals surface area contributed by atoms with Crippen molar-refractivity contribution in [3.63, 3.8) is 0 Å². The Morgan fingerprint density at radius 2 is 1.71 bits per heavy atom. The summed E-state index contributed by atoms with van der Waals surface area (Å²) in [7, 11) is -3.13. The van der Waals surface area contributed by atoms with Crippen LogP contribution >= 0.6 is 11.6 Å². The number of amides is 1. The Bertz CT molecular complexity index is 924. The molecule has 6 nitrogen and oxygen atoms in total. The minimum absolute atomic E-state index is 0.126. The van der Waals surface area contributed by atoms with Gasteiger partial charge in [0, 0.05) is 49.9 Å². The second-order valence-electron chi connectivity index (χ2n) is 6.95. The van der Waals surface area contributed by atoms with Crippen molar-refractivity contribution in [3.05, 3.63) is 70.2 Å². The number of halogens is 1. The molecule has 0 radical (unpaired) electrons. The number of carbonyl (C=O) groups is 1. The van der Waals surface area contributed by atoms with Crippen molar-refractivity contribution in [1.82, 2.24) is 14.5 Å². The first-order valence-electron chi connectivity index (χ1n) is 9.10. The maximum absolute atomic E-state index is 12.5. The Hall–Kier alpha value is -1.93. The van der Waals surface area contributed by atoms with Crippen molar-refractivity contribution in [1.29, 1.82) is 0 Å². The Morgan fingerprint density at radius 3 is 2.36 bits per heavy atom. The van der Waals surface area contributed by atoms with Gasteiger partial charge >= 0.3 is 0 Å². The lowest BCUT2D eigenvalue weighted by Gasteiger charge is -2.33. The maximum Gasteiger partial charge on any atom is 0.251 e. The highest BCUT2D eigenvalue weighted by Crippen LogP contribution is 2.13. The van der Waals surface area contributed by atoms with Gasteiger partial charge in [-0.3, -0.25) is 9.69 Å². The standard InChI is InChI=1S/C20H24ClN3O3S/c1-28(26,27)24-11-9-23(10-12-24)15-17-3-2-4-18(13-17)20(25)22-14-16-5-7-19(21)8-6-16/h2-8,13H,9-12,14-15H2,1H3,(H,22,25). The number of nitrogens with zero attached hydrogens (tertiary/aromatic N) is 2. The van der Waals surface area contributed by atoms with Gasteiger partial charge in [0.05, 0.1) is 6.26 Å². The van der Waals surface area contributed by atoms with Crippen LogP contribution in [0.1, 0.15) is 21.5 Å². The molecule has 0 bridgehead atoms. The Labute approximate surface area is 171 Å². The van der Waals surface area contributed by atoms with Crippen LogP contribution in [0.5, 0.6) is 0 Å². The molecule has 1 saturated heterocycles. The summed E-state index contributed by atoms with van der Waals surface area (Å²) in [6, 6.07) is 14.9. The molecule has 1 aliphatic heterocycles. The zero-order valence-electron chi connectivity index (χ0n) is 15.8. The Kier molecular flexibility index (Phi) is 6.72. The van der Waals surface area contributed by atoms with Gasteiger partial charge < -0.3 is 5.32 Å². The molecule has 0 unspecified atom stereocenters. The molecule has 1 heterocycles. The van der Waals surface area contributed by atoms with E-state index in [2.05, 4.69) is 10.2 Å². The summed E-state index contributed by atoms with van der Waals surface area (Å²) in [6.45, 7) is 3.49. The molecular formula is C20H24ClN3O3S. The summed E-state index contributed by atoms with van der Waals surface area (Å²) < 4.78 is 24.7. The van der Waals surface area contributed by atoms with Gasteiger partial charge in [-0.15, -0.1) is 0 Å². The lowest BCUT2D eigenvalue weighted by Crippen LogP contribution is -2.47. The molecule has 0 saturated carbocycles. The van der Waals surface area contributed by atoms with Crippen molar-refractivity contribution in [2.24, 2.45) is 0 Å². The maximum atomic E-state index is 12.5. The number of nitrogens with one attached hydrogen (secondary N) is 1. The Morgan fingerprint density at radius 1 is 1.04 bits per heavy atom. The predicted octanol–water partition coefficient (Wildman–Crippen LogP) is 2.35. The highest BCUT2D eigenvalue weighted by Gasteiger charge is 2.23. The number of carbonyl (C=O) groups excluding carboxylic acids is 1. The highest BCUT2D eigenvalue weighted by molar-refractivity contribution is 7.88. The third-order valence-electron chi connectivity index (χ3n) is 4.76. The summed E-state index contributed by atoms with van der Waals surface area (Å²) >= 11 is 5.87. The molecule has 1 fully saturated rings. The molecule has 1 aliphatic rings. The van der Waals surface area contributed by atoms with Gasteiger partial charge in [0.2, 0.25) is 10.0 Å². The van der Waals surface area contributed by atoms with E-state index < -0.39 is 10.0 Å². The van der Waals surface area contributed by atoms with Crippen LogP contribution in [0, 0.1) is 0 Å². The van der Waals surface area contributed by atoms with E-state index >= 15 is 0 Å². The second kappa shape index (κ2) is 9.05. The van der Waals surface area contributed by atoms with Gasteiger partial charge in [-0.25, -0.2) is 8.42 Å². The normalized spacial score (nSPS) is 16.1. The minimum atomic E-state index is -3.13. The van der Waals surface area contributed by atoms with E-state index in [0.717, 1.165) is 11.1 Å². The summed E-state index contributed by atoms with van der Waals surface area (Å²) in [5.74, 6) is -0.126. The number of rotatable bonds is 6. The van der Waals surface area contributed by atoms with E-state index in [0.29, 0.717) is 49.9 Å². The topological polar surface area (TPSA) is 69.7 Å². The quantitative estimate of drug-likeness (QED) is 0.777. The average molecular weight is 422 g/mol. The molecule has 1 N–H and O–H groups in total. The van der Waals surface area contributed by atoms with Crippen LogP contribution in [0.25, 0.3) is 0 Å². The monoisotopic (exact) mass is 421 g/mol. The Balaban J connectivity index is 1.55. The largest absolute Gasteiger partial charge is 0.348 e. The fraction of sp³-hybridized carbons (Fsp3) is 0.350. The number of hydrogen-bond acceptors (Lipinski definition) is 4. The number of benzene rings is 2. The molecular weight excluding hydrogens is 398 g/mol. The second-order valence-corrected chi connectivity index (χ2v) is 9.37. The molecule has 0 atom stereocenters. The molecule has 2 aromatic rings. The molecule has 0 spiro atoms. The molecule has 0 aromatic heterocycles. The minimum Gasteiger partial charge on any atom is -0.348 e.